The number of para-hydroxylation sites is 1. The number of aliphatic hydroxyl groups excluding tert-OH is 1. The van der Waals surface area contributed by atoms with Crippen molar-refractivity contribution in [2.75, 3.05) is 13.2 Å². The summed E-state index contributed by atoms with van der Waals surface area (Å²) < 4.78 is 5.57. The molecule has 14 heavy (non-hydrogen) atoms. The van der Waals surface area contributed by atoms with E-state index in [9.17, 15) is 0 Å². The highest BCUT2D eigenvalue weighted by atomic mass is 16.3. The molecule has 1 aromatic carbocycles. The van der Waals surface area contributed by atoms with Gasteiger partial charge < -0.3 is 14.8 Å². The van der Waals surface area contributed by atoms with E-state index in [0.29, 0.717) is 13.1 Å². The molecule has 0 amide bonds. The molecule has 0 atom stereocenters. The van der Waals surface area contributed by atoms with Gasteiger partial charge in [0, 0.05) is 11.9 Å². The van der Waals surface area contributed by atoms with Gasteiger partial charge in [0.1, 0.15) is 11.3 Å². The molecule has 0 aliphatic rings. The summed E-state index contributed by atoms with van der Waals surface area (Å²) in [6, 6.07) is 9.93. The van der Waals surface area contributed by atoms with Crippen molar-refractivity contribution >= 4 is 11.0 Å². The summed E-state index contributed by atoms with van der Waals surface area (Å²) in [5.74, 6) is 0.902. The van der Waals surface area contributed by atoms with E-state index in [1.165, 1.54) is 0 Å². The predicted molar refractivity (Wildman–Crippen MR) is 55.0 cm³/mol. The summed E-state index contributed by atoms with van der Waals surface area (Å²) >= 11 is 0. The van der Waals surface area contributed by atoms with Crippen LogP contribution < -0.4 is 5.32 Å². The second-order valence-electron chi connectivity index (χ2n) is 3.15. The summed E-state index contributed by atoms with van der Waals surface area (Å²) in [6.07, 6.45) is 0. The fourth-order valence-electron chi connectivity index (χ4n) is 1.41. The topological polar surface area (TPSA) is 45.4 Å². The molecule has 2 rings (SSSR count). The molecular weight excluding hydrogens is 178 g/mol. The third-order valence-corrected chi connectivity index (χ3v) is 2.06. The second kappa shape index (κ2) is 4.26. The Morgan fingerprint density at radius 2 is 2.14 bits per heavy atom. The molecule has 0 spiro atoms. The lowest BCUT2D eigenvalue weighted by molar-refractivity contribution is 0.290. The number of nitrogens with one attached hydrogen (secondary N) is 1. The van der Waals surface area contributed by atoms with Crippen LogP contribution in [0.3, 0.4) is 0 Å². The standard InChI is InChI=1S/C11H13NO2/c13-6-5-12-8-10-7-9-3-1-2-4-11(9)14-10/h1-4,7,12-13H,5-6,8H2. The summed E-state index contributed by atoms with van der Waals surface area (Å²) in [4.78, 5) is 0. The normalized spacial score (nSPS) is 10.9. The lowest BCUT2D eigenvalue weighted by Gasteiger charge is -1.97. The third kappa shape index (κ3) is 1.95. The van der Waals surface area contributed by atoms with E-state index in [1.807, 2.05) is 30.3 Å². The highest BCUT2D eigenvalue weighted by molar-refractivity contribution is 5.77. The maximum atomic E-state index is 8.59. The first kappa shape index (κ1) is 9.24. The Bertz CT molecular complexity index is 375. The second-order valence-corrected chi connectivity index (χ2v) is 3.15. The smallest absolute Gasteiger partial charge is 0.134 e. The molecule has 0 saturated heterocycles. The minimum absolute atomic E-state index is 0.153. The predicted octanol–water partition coefficient (Wildman–Crippen LogP) is 1.51. The molecule has 1 heterocycles. The molecule has 3 nitrogen and oxygen atoms in total. The molecule has 74 valence electrons. The Labute approximate surface area is 82.3 Å². The van der Waals surface area contributed by atoms with Gasteiger partial charge in [-0.15, -0.1) is 0 Å². The summed E-state index contributed by atoms with van der Waals surface area (Å²) in [7, 11) is 0. The van der Waals surface area contributed by atoms with Crippen molar-refractivity contribution < 1.29 is 9.52 Å². The van der Waals surface area contributed by atoms with Gasteiger partial charge in [0.25, 0.3) is 0 Å². The lowest BCUT2D eigenvalue weighted by Crippen LogP contribution is -2.16. The molecule has 0 fully saturated rings. The first-order chi connectivity index (χ1) is 6.90. The molecule has 0 radical (unpaired) electrons. The van der Waals surface area contributed by atoms with Crippen LogP contribution in [0, 0.1) is 0 Å². The van der Waals surface area contributed by atoms with E-state index in [0.717, 1.165) is 16.7 Å². The molecule has 3 heteroatoms. The van der Waals surface area contributed by atoms with Crippen LogP contribution in [0.15, 0.2) is 34.7 Å². The zero-order valence-electron chi connectivity index (χ0n) is 7.86. The molecule has 0 saturated carbocycles. The van der Waals surface area contributed by atoms with Crippen LogP contribution in [0.5, 0.6) is 0 Å². The summed E-state index contributed by atoms with van der Waals surface area (Å²) in [6.45, 7) is 1.41. The van der Waals surface area contributed by atoms with E-state index in [2.05, 4.69) is 5.32 Å². The first-order valence-electron chi connectivity index (χ1n) is 4.69. The van der Waals surface area contributed by atoms with Gasteiger partial charge in [-0.2, -0.15) is 0 Å². The van der Waals surface area contributed by atoms with Crippen molar-refractivity contribution in [3.63, 3.8) is 0 Å². The van der Waals surface area contributed by atoms with Crippen LogP contribution >= 0.6 is 0 Å². The minimum atomic E-state index is 0.153. The number of hydrogen-bond donors (Lipinski definition) is 2. The number of hydrogen-bond acceptors (Lipinski definition) is 3. The highest BCUT2D eigenvalue weighted by Crippen LogP contribution is 2.18. The van der Waals surface area contributed by atoms with Crippen LogP contribution in [-0.2, 0) is 6.54 Å². The number of furan rings is 1. The zero-order valence-corrected chi connectivity index (χ0v) is 7.86. The van der Waals surface area contributed by atoms with E-state index >= 15 is 0 Å². The lowest BCUT2D eigenvalue weighted by atomic mass is 10.2. The van der Waals surface area contributed by atoms with Crippen molar-refractivity contribution in [1.29, 1.82) is 0 Å². The Morgan fingerprint density at radius 1 is 1.29 bits per heavy atom. The van der Waals surface area contributed by atoms with E-state index in [-0.39, 0.29) is 6.61 Å². The van der Waals surface area contributed by atoms with Gasteiger partial charge in [-0.3, -0.25) is 0 Å². The van der Waals surface area contributed by atoms with Crippen LogP contribution in [0.25, 0.3) is 11.0 Å². The van der Waals surface area contributed by atoms with Crippen LogP contribution in [-0.4, -0.2) is 18.3 Å². The number of rotatable bonds is 4. The molecule has 0 aliphatic carbocycles. The van der Waals surface area contributed by atoms with Crippen molar-refractivity contribution in [3.8, 4) is 0 Å². The first-order valence-corrected chi connectivity index (χ1v) is 4.69. The molecule has 2 N–H and O–H groups in total. The SMILES string of the molecule is OCCNCc1cc2ccccc2o1. The van der Waals surface area contributed by atoms with E-state index < -0.39 is 0 Å². The van der Waals surface area contributed by atoms with E-state index in [1.54, 1.807) is 0 Å². The minimum Gasteiger partial charge on any atom is -0.460 e. The Morgan fingerprint density at radius 3 is 2.93 bits per heavy atom. The Balaban J connectivity index is 2.11. The Hall–Kier alpha value is -1.32. The maximum Gasteiger partial charge on any atom is 0.134 e. The molecule has 0 bridgehead atoms. The van der Waals surface area contributed by atoms with Crippen molar-refractivity contribution in [2.45, 2.75) is 6.54 Å². The highest BCUT2D eigenvalue weighted by Gasteiger charge is 2.01. The monoisotopic (exact) mass is 191 g/mol. The average Bonchev–Trinajstić information content (AvgIpc) is 2.60. The fraction of sp³-hybridized carbons (Fsp3) is 0.273. The van der Waals surface area contributed by atoms with Crippen molar-refractivity contribution in [3.05, 3.63) is 36.1 Å². The van der Waals surface area contributed by atoms with E-state index in [4.69, 9.17) is 9.52 Å². The van der Waals surface area contributed by atoms with Gasteiger partial charge in [0.15, 0.2) is 0 Å². The maximum absolute atomic E-state index is 8.59. The molecule has 2 aromatic rings. The van der Waals surface area contributed by atoms with Gasteiger partial charge in [-0.05, 0) is 12.1 Å². The summed E-state index contributed by atoms with van der Waals surface area (Å²) in [5.41, 5.74) is 0.910. The number of fused-ring (bicyclic) bond motifs is 1. The molecule has 0 aliphatic heterocycles. The molecule has 1 aromatic heterocycles. The van der Waals surface area contributed by atoms with Gasteiger partial charge in [0.2, 0.25) is 0 Å². The summed E-state index contributed by atoms with van der Waals surface area (Å²) in [5, 5.41) is 12.8. The van der Waals surface area contributed by atoms with Gasteiger partial charge >= 0.3 is 0 Å². The quantitative estimate of drug-likeness (QED) is 0.720. The van der Waals surface area contributed by atoms with Gasteiger partial charge in [0.05, 0.1) is 13.2 Å². The van der Waals surface area contributed by atoms with Crippen molar-refractivity contribution in [1.82, 2.24) is 5.32 Å². The van der Waals surface area contributed by atoms with Crippen LogP contribution in [0.1, 0.15) is 5.76 Å². The third-order valence-electron chi connectivity index (χ3n) is 2.06. The van der Waals surface area contributed by atoms with Gasteiger partial charge in [-0.25, -0.2) is 0 Å². The average molecular weight is 191 g/mol. The largest absolute Gasteiger partial charge is 0.460 e. The van der Waals surface area contributed by atoms with Crippen LogP contribution in [0.2, 0.25) is 0 Å². The number of aliphatic hydroxyl groups is 1. The van der Waals surface area contributed by atoms with Crippen molar-refractivity contribution in [2.24, 2.45) is 0 Å². The molecular formula is C11H13NO2. The fourth-order valence-corrected chi connectivity index (χ4v) is 1.41. The number of benzene rings is 1. The molecule has 0 unspecified atom stereocenters. The zero-order chi connectivity index (χ0) is 9.80. The Kier molecular flexibility index (Phi) is 2.81. The van der Waals surface area contributed by atoms with Crippen LogP contribution in [0.4, 0.5) is 0 Å². The van der Waals surface area contributed by atoms with Gasteiger partial charge in [-0.1, -0.05) is 18.2 Å².